The summed E-state index contributed by atoms with van der Waals surface area (Å²) >= 11 is 0. The maximum atomic E-state index is 12.1. The van der Waals surface area contributed by atoms with E-state index in [-0.39, 0.29) is 6.61 Å². The van der Waals surface area contributed by atoms with E-state index in [4.69, 9.17) is 10.5 Å². The van der Waals surface area contributed by atoms with Crippen LogP contribution >= 0.6 is 0 Å². The largest absolute Gasteiger partial charge is 0.484 e. The molecule has 0 saturated carbocycles. The second-order valence-corrected chi connectivity index (χ2v) is 6.28. The summed E-state index contributed by atoms with van der Waals surface area (Å²) in [6, 6.07) is 13.8. The number of hydrogen-bond donors (Lipinski definition) is 2. The van der Waals surface area contributed by atoms with E-state index in [1.807, 2.05) is 31.2 Å². The standard InChI is InChI=1S/C20H24N2O3/c1-13(2)17-10-9-16(11-14(17)3)25-12-18(23)22-19(20(21)24)15-7-5-4-6-8-15/h4-11,13,19H,12H2,1-3H3,(H2,21,24)(H,22,23)/t19-/m1/s1. The van der Waals surface area contributed by atoms with E-state index in [1.54, 1.807) is 24.3 Å². The fourth-order valence-electron chi connectivity index (χ4n) is 2.70. The summed E-state index contributed by atoms with van der Waals surface area (Å²) in [5.41, 5.74) is 8.40. The van der Waals surface area contributed by atoms with Crippen LogP contribution in [-0.2, 0) is 9.59 Å². The molecule has 2 rings (SSSR count). The van der Waals surface area contributed by atoms with E-state index in [0.717, 1.165) is 5.56 Å². The fourth-order valence-corrected chi connectivity index (χ4v) is 2.70. The van der Waals surface area contributed by atoms with E-state index < -0.39 is 17.9 Å². The number of carbonyl (C=O) groups is 2. The first-order chi connectivity index (χ1) is 11.9. The van der Waals surface area contributed by atoms with Gasteiger partial charge in [0.1, 0.15) is 11.8 Å². The summed E-state index contributed by atoms with van der Waals surface area (Å²) in [5, 5.41) is 2.61. The zero-order valence-electron chi connectivity index (χ0n) is 14.8. The molecular weight excluding hydrogens is 316 g/mol. The Morgan fingerprint density at radius 1 is 1.12 bits per heavy atom. The molecule has 0 fully saturated rings. The third-order valence-corrected chi connectivity index (χ3v) is 3.96. The first kappa shape index (κ1) is 18.5. The van der Waals surface area contributed by atoms with Crippen LogP contribution in [0, 0.1) is 6.92 Å². The number of ether oxygens (including phenoxy) is 1. The number of carbonyl (C=O) groups excluding carboxylic acids is 2. The van der Waals surface area contributed by atoms with Crippen LogP contribution in [0.1, 0.15) is 42.5 Å². The van der Waals surface area contributed by atoms with Crippen LogP contribution in [0.4, 0.5) is 0 Å². The van der Waals surface area contributed by atoms with Gasteiger partial charge in [-0.25, -0.2) is 0 Å². The number of hydrogen-bond acceptors (Lipinski definition) is 3. The van der Waals surface area contributed by atoms with E-state index in [2.05, 4.69) is 19.2 Å². The van der Waals surface area contributed by atoms with Gasteiger partial charge in [0, 0.05) is 0 Å². The van der Waals surface area contributed by atoms with Crippen molar-refractivity contribution in [1.82, 2.24) is 5.32 Å². The van der Waals surface area contributed by atoms with Gasteiger partial charge in [0.25, 0.3) is 5.91 Å². The zero-order chi connectivity index (χ0) is 18.4. The lowest BCUT2D eigenvalue weighted by molar-refractivity contribution is -0.128. The maximum absolute atomic E-state index is 12.1. The molecule has 132 valence electrons. The number of primary amides is 1. The molecule has 0 aliphatic heterocycles. The van der Waals surface area contributed by atoms with Crippen molar-refractivity contribution in [3.63, 3.8) is 0 Å². The second-order valence-electron chi connectivity index (χ2n) is 6.28. The number of benzene rings is 2. The summed E-state index contributed by atoms with van der Waals surface area (Å²) in [6.45, 7) is 6.09. The highest BCUT2D eigenvalue weighted by molar-refractivity contribution is 5.88. The van der Waals surface area contributed by atoms with Gasteiger partial charge in [-0.15, -0.1) is 0 Å². The first-order valence-electron chi connectivity index (χ1n) is 8.25. The predicted molar refractivity (Wildman–Crippen MR) is 97.3 cm³/mol. The van der Waals surface area contributed by atoms with Crippen LogP contribution in [0.5, 0.6) is 5.75 Å². The summed E-state index contributed by atoms with van der Waals surface area (Å²) in [5.74, 6) is 0.0295. The average molecular weight is 340 g/mol. The van der Waals surface area contributed by atoms with Crippen LogP contribution in [-0.4, -0.2) is 18.4 Å². The topological polar surface area (TPSA) is 81.4 Å². The smallest absolute Gasteiger partial charge is 0.258 e. The van der Waals surface area contributed by atoms with Crippen LogP contribution in [0.3, 0.4) is 0 Å². The van der Waals surface area contributed by atoms with Crippen molar-refractivity contribution in [2.24, 2.45) is 5.73 Å². The van der Waals surface area contributed by atoms with Gasteiger partial charge in [-0.1, -0.05) is 50.2 Å². The third kappa shape index (κ3) is 5.08. The van der Waals surface area contributed by atoms with Crippen molar-refractivity contribution in [2.45, 2.75) is 32.7 Å². The third-order valence-electron chi connectivity index (χ3n) is 3.96. The van der Waals surface area contributed by atoms with Crippen molar-refractivity contribution in [2.75, 3.05) is 6.61 Å². The van der Waals surface area contributed by atoms with Gasteiger partial charge in [-0.3, -0.25) is 9.59 Å². The molecule has 3 N–H and O–H groups in total. The summed E-state index contributed by atoms with van der Waals surface area (Å²) in [7, 11) is 0. The summed E-state index contributed by atoms with van der Waals surface area (Å²) in [6.07, 6.45) is 0. The van der Waals surface area contributed by atoms with E-state index in [1.165, 1.54) is 5.56 Å². The first-order valence-corrected chi connectivity index (χ1v) is 8.25. The van der Waals surface area contributed by atoms with Crippen molar-refractivity contribution >= 4 is 11.8 Å². The molecule has 0 aliphatic carbocycles. The van der Waals surface area contributed by atoms with Gasteiger partial charge < -0.3 is 15.8 Å². The Bertz CT molecular complexity index is 742. The van der Waals surface area contributed by atoms with Crippen molar-refractivity contribution in [3.8, 4) is 5.75 Å². The van der Waals surface area contributed by atoms with E-state index in [9.17, 15) is 9.59 Å². The Kier molecular flexibility index (Phi) is 6.17. The molecule has 2 aromatic carbocycles. The highest BCUT2D eigenvalue weighted by Gasteiger charge is 2.20. The van der Waals surface area contributed by atoms with Crippen molar-refractivity contribution < 1.29 is 14.3 Å². The van der Waals surface area contributed by atoms with Crippen LogP contribution < -0.4 is 15.8 Å². The maximum Gasteiger partial charge on any atom is 0.258 e. The van der Waals surface area contributed by atoms with Gasteiger partial charge in [0.05, 0.1) is 0 Å². The quantitative estimate of drug-likeness (QED) is 0.813. The molecule has 0 saturated heterocycles. The van der Waals surface area contributed by atoms with Crippen LogP contribution in [0.25, 0.3) is 0 Å². The normalized spacial score (nSPS) is 11.8. The highest BCUT2D eigenvalue weighted by atomic mass is 16.5. The molecule has 0 bridgehead atoms. The van der Waals surface area contributed by atoms with E-state index >= 15 is 0 Å². The van der Waals surface area contributed by atoms with Gasteiger partial charge in [0.15, 0.2) is 6.61 Å². The number of nitrogens with one attached hydrogen (secondary N) is 1. The molecule has 1 atom stereocenters. The minimum atomic E-state index is -0.873. The summed E-state index contributed by atoms with van der Waals surface area (Å²) in [4.78, 5) is 23.7. The Morgan fingerprint density at radius 3 is 2.36 bits per heavy atom. The Morgan fingerprint density at radius 2 is 1.80 bits per heavy atom. The predicted octanol–water partition coefficient (Wildman–Crippen LogP) is 2.84. The molecule has 5 nitrogen and oxygen atoms in total. The highest BCUT2D eigenvalue weighted by Crippen LogP contribution is 2.23. The van der Waals surface area contributed by atoms with Gasteiger partial charge in [-0.2, -0.15) is 0 Å². The Labute approximate surface area is 148 Å². The molecule has 0 radical (unpaired) electrons. The SMILES string of the molecule is Cc1cc(OCC(=O)N[C@@H](C(N)=O)c2ccccc2)ccc1C(C)C. The number of rotatable bonds is 7. The molecule has 0 heterocycles. The molecule has 0 spiro atoms. The van der Waals surface area contributed by atoms with Gasteiger partial charge >= 0.3 is 0 Å². The molecule has 2 amide bonds. The fraction of sp³-hybridized carbons (Fsp3) is 0.300. The molecule has 0 aromatic heterocycles. The monoisotopic (exact) mass is 340 g/mol. The second kappa shape index (κ2) is 8.33. The average Bonchev–Trinajstić information content (AvgIpc) is 2.58. The molecule has 5 heteroatoms. The Balaban J connectivity index is 1.98. The van der Waals surface area contributed by atoms with Crippen LogP contribution in [0.2, 0.25) is 0 Å². The molecule has 2 aromatic rings. The molecular formula is C20H24N2O3. The minimum Gasteiger partial charge on any atom is -0.484 e. The number of aryl methyl sites for hydroxylation is 1. The Hall–Kier alpha value is -2.82. The number of amides is 2. The van der Waals surface area contributed by atoms with Gasteiger partial charge in [0.2, 0.25) is 5.91 Å². The zero-order valence-corrected chi connectivity index (χ0v) is 14.8. The molecule has 25 heavy (non-hydrogen) atoms. The minimum absolute atomic E-state index is 0.183. The van der Waals surface area contributed by atoms with Crippen molar-refractivity contribution in [1.29, 1.82) is 0 Å². The number of nitrogens with two attached hydrogens (primary N) is 1. The van der Waals surface area contributed by atoms with Crippen LogP contribution in [0.15, 0.2) is 48.5 Å². The van der Waals surface area contributed by atoms with E-state index in [0.29, 0.717) is 17.2 Å². The lowest BCUT2D eigenvalue weighted by atomic mass is 9.98. The lowest BCUT2D eigenvalue weighted by Crippen LogP contribution is -2.39. The summed E-state index contributed by atoms with van der Waals surface area (Å²) < 4.78 is 5.54. The molecule has 0 unspecified atom stereocenters. The molecule has 0 aliphatic rings. The van der Waals surface area contributed by atoms with Crippen molar-refractivity contribution in [3.05, 3.63) is 65.2 Å². The van der Waals surface area contributed by atoms with Gasteiger partial charge in [-0.05, 0) is 41.7 Å². The lowest BCUT2D eigenvalue weighted by Gasteiger charge is -2.16.